The Labute approximate surface area is 360 Å². The van der Waals surface area contributed by atoms with Crippen LogP contribution in [0.2, 0.25) is 0 Å². The van der Waals surface area contributed by atoms with E-state index in [1.165, 1.54) is 57.8 Å². The van der Waals surface area contributed by atoms with Crippen LogP contribution in [0.15, 0.2) is 60.8 Å². The molecule has 0 heterocycles. The number of aliphatic hydroxyl groups is 2. The Hall–Kier alpha value is -2.22. The summed E-state index contributed by atoms with van der Waals surface area (Å²) in [5.41, 5.74) is 0. The molecule has 0 saturated heterocycles. The Bertz CT molecular complexity index is 1310. The van der Waals surface area contributed by atoms with Gasteiger partial charge in [-0.25, -0.2) is 9.13 Å². The van der Waals surface area contributed by atoms with Gasteiger partial charge < -0.3 is 34.4 Å². The summed E-state index contributed by atoms with van der Waals surface area (Å²) in [7, 11) is -9.71. The molecule has 0 radical (unpaired) electrons. The third-order valence-electron chi connectivity index (χ3n) is 8.95. The van der Waals surface area contributed by atoms with Gasteiger partial charge in [0.05, 0.1) is 25.9 Å². The van der Waals surface area contributed by atoms with Crippen molar-refractivity contribution in [3.05, 3.63) is 60.8 Å². The van der Waals surface area contributed by atoms with Crippen LogP contribution in [0.25, 0.3) is 0 Å². The Morgan fingerprint density at radius 1 is 0.550 bits per heavy atom. The van der Waals surface area contributed by atoms with E-state index in [0.717, 1.165) is 44.9 Å². The molecule has 0 aromatic heterocycles. The number of ether oxygens (including phenoxy) is 2. The smallest absolute Gasteiger partial charge is 0.462 e. The Kier molecular flexibility index (Phi) is 38.1. The summed E-state index contributed by atoms with van der Waals surface area (Å²) in [5.74, 6) is -1.15. The van der Waals surface area contributed by atoms with Gasteiger partial charge in [-0.2, -0.15) is 0 Å². The van der Waals surface area contributed by atoms with Crippen LogP contribution in [0.3, 0.4) is 0 Å². The van der Waals surface area contributed by atoms with Gasteiger partial charge in [-0.1, -0.05) is 139 Å². The minimum absolute atomic E-state index is 0.0838. The van der Waals surface area contributed by atoms with E-state index < -0.39 is 72.3 Å². The van der Waals surface area contributed by atoms with Crippen molar-refractivity contribution in [2.75, 3.05) is 26.4 Å². The average Bonchev–Trinajstić information content (AvgIpc) is 3.20. The summed E-state index contributed by atoms with van der Waals surface area (Å²) in [4.78, 5) is 52.7. The van der Waals surface area contributed by atoms with Gasteiger partial charge in [0.1, 0.15) is 12.7 Å². The van der Waals surface area contributed by atoms with Crippen molar-refractivity contribution in [1.29, 1.82) is 0 Å². The van der Waals surface area contributed by atoms with Crippen LogP contribution in [0, 0.1) is 0 Å². The summed E-state index contributed by atoms with van der Waals surface area (Å²) in [5, 5.41) is 19.8. The average molecular weight is 893 g/mol. The summed E-state index contributed by atoms with van der Waals surface area (Å²) >= 11 is 0. The molecule has 5 N–H and O–H groups in total. The number of carbonyl (C=O) groups excluding carboxylic acids is 2. The minimum atomic E-state index is -4.88. The maximum absolute atomic E-state index is 12.7. The van der Waals surface area contributed by atoms with Crippen LogP contribution in [0.5, 0.6) is 0 Å². The SMILES string of the molecule is CCCCC/C=C\C[C@@H](O)/C=C/C=C\C/C=C\CCCC(=O)OC[C@H](COP(=O)(O)OC[C@@H](O)COP(=O)(O)O)OC(=O)CCCCCCC/C=C\CCCCCCCC. The van der Waals surface area contributed by atoms with Crippen molar-refractivity contribution in [3.8, 4) is 0 Å². The zero-order valence-corrected chi connectivity index (χ0v) is 38.2. The maximum atomic E-state index is 12.7. The normalized spacial score (nSPS) is 15.1. The van der Waals surface area contributed by atoms with Crippen molar-refractivity contribution >= 4 is 27.6 Å². The zero-order chi connectivity index (χ0) is 44.6. The molecule has 4 atom stereocenters. The van der Waals surface area contributed by atoms with Crippen LogP contribution in [0.4, 0.5) is 0 Å². The van der Waals surface area contributed by atoms with Crippen LogP contribution in [-0.2, 0) is 41.8 Å². The maximum Gasteiger partial charge on any atom is 0.472 e. The molecule has 0 aliphatic rings. The molecule has 0 aliphatic heterocycles. The Balaban J connectivity index is 4.68. The molecule has 0 fully saturated rings. The van der Waals surface area contributed by atoms with Crippen LogP contribution in [-0.4, -0.2) is 81.6 Å². The van der Waals surface area contributed by atoms with Gasteiger partial charge in [0.15, 0.2) is 6.10 Å². The molecular weight excluding hydrogens is 814 g/mol. The molecule has 16 heteroatoms. The van der Waals surface area contributed by atoms with E-state index in [1.54, 1.807) is 6.08 Å². The number of allylic oxidation sites excluding steroid dienone is 8. The standard InChI is InChI=1S/C44H78O14P2/c1-3-5-7-9-11-12-13-14-15-16-17-18-23-27-31-35-44(48)58-42(39-57-60(52,53)56-37-41(46)36-55-59(49,50)51)38-54-43(47)34-30-26-22-20-19-21-25-29-33-40(45)32-28-24-10-8-6-4-2/h14-15,20-22,24-25,28-29,33,40-42,45-46H,3-13,16-19,23,26-27,30-32,34-39H2,1-2H3,(H,52,53)(H2,49,50,51)/b15-14-,22-20-,25-21-,28-24-,33-29+/t40-,41+,42-/m1/s1. The molecule has 0 rings (SSSR count). The lowest BCUT2D eigenvalue weighted by atomic mass is 10.1. The number of aliphatic hydroxyl groups excluding tert-OH is 2. The Morgan fingerprint density at radius 2 is 1.07 bits per heavy atom. The van der Waals surface area contributed by atoms with Crippen molar-refractivity contribution < 1.29 is 66.7 Å². The van der Waals surface area contributed by atoms with E-state index >= 15 is 0 Å². The van der Waals surface area contributed by atoms with Gasteiger partial charge in [0.2, 0.25) is 0 Å². The lowest BCUT2D eigenvalue weighted by Crippen LogP contribution is -2.30. The highest BCUT2D eigenvalue weighted by atomic mass is 31.2. The van der Waals surface area contributed by atoms with E-state index in [1.807, 2.05) is 36.5 Å². The topological polar surface area (TPSA) is 216 Å². The van der Waals surface area contributed by atoms with Gasteiger partial charge in [-0.3, -0.25) is 23.2 Å². The summed E-state index contributed by atoms with van der Waals surface area (Å²) < 4.78 is 47.7. The number of rotatable bonds is 41. The van der Waals surface area contributed by atoms with Gasteiger partial charge in [-0.15, -0.1) is 0 Å². The number of carbonyl (C=O) groups is 2. The van der Waals surface area contributed by atoms with Gasteiger partial charge in [0.25, 0.3) is 0 Å². The van der Waals surface area contributed by atoms with Crippen LogP contribution >= 0.6 is 15.6 Å². The number of esters is 2. The molecule has 1 unspecified atom stereocenters. The second-order valence-corrected chi connectivity index (χ2v) is 17.5. The van der Waals surface area contributed by atoms with E-state index in [-0.39, 0.29) is 12.8 Å². The third-order valence-corrected chi connectivity index (χ3v) is 10.4. The highest BCUT2D eigenvalue weighted by Crippen LogP contribution is 2.43. The molecule has 0 amide bonds. The molecule has 0 bridgehead atoms. The fraction of sp³-hybridized carbons (Fsp3) is 0.727. The summed E-state index contributed by atoms with van der Waals surface area (Å²) in [6.07, 6.45) is 38.1. The first kappa shape index (κ1) is 57.8. The number of hydrogen-bond donors (Lipinski definition) is 5. The fourth-order valence-electron chi connectivity index (χ4n) is 5.54. The Morgan fingerprint density at radius 3 is 1.73 bits per heavy atom. The number of phosphoric ester groups is 2. The zero-order valence-electron chi connectivity index (χ0n) is 36.4. The minimum Gasteiger partial charge on any atom is -0.462 e. The largest absolute Gasteiger partial charge is 0.472 e. The van der Waals surface area contributed by atoms with Gasteiger partial charge in [-0.05, 0) is 70.6 Å². The van der Waals surface area contributed by atoms with Crippen LogP contribution < -0.4 is 0 Å². The first-order valence-electron chi connectivity index (χ1n) is 22.1. The van der Waals surface area contributed by atoms with E-state index in [2.05, 4.69) is 41.1 Å². The second-order valence-electron chi connectivity index (χ2n) is 14.8. The molecule has 348 valence electrons. The third kappa shape index (κ3) is 42.5. The highest BCUT2D eigenvalue weighted by Gasteiger charge is 2.28. The van der Waals surface area contributed by atoms with Crippen molar-refractivity contribution in [3.63, 3.8) is 0 Å². The predicted octanol–water partition coefficient (Wildman–Crippen LogP) is 10.2. The molecule has 0 saturated carbocycles. The fourth-order valence-corrected chi connectivity index (χ4v) is 6.69. The second kappa shape index (κ2) is 39.6. The summed E-state index contributed by atoms with van der Waals surface area (Å²) in [6.45, 7) is 1.56. The number of hydrogen-bond acceptors (Lipinski definition) is 11. The lowest BCUT2D eigenvalue weighted by Gasteiger charge is -2.20. The summed E-state index contributed by atoms with van der Waals surface area (Å²) in [6, 6.07) is 0. The van der Waals surface area contributed by atoms with Gasteiger partial charge >= 0.3 is 27.6 Å². The highest BCUT2D eigenvalue weighted by molar-refractivity contribution is 7.47. The lowest BCUT2D eigenvalue weighted by molar-refractivity contribution is -0.161. The quantitative estimate of drug-likeness (QED) is 0.0127. The van der Waals surface area contributed by atoms with Crippen LogP contribution in [0.1, 0.15) is 162 Å². The van der Waals surface area contributed by atoms with E-state index in [9.17, 15) is 33.8 Å². The monoisotopic (exact) mass is 892 g/mol. The molecule has 0 aliphatic carbocycles. The van der Waals surface area contributed by atoms with Crippen molar-refractivity contribution in [1.82, 2.24) is 0 Å². The predicted molar refractivity (Wildman–Crippen MR) is 236 cm³/mol. The van der Waals surface area contributed by atoms with Gasteiger partial charge in [0, 0.05) is 12.8 Å². The molecule has 0 spiro atoms. The molecule has 60 heavy (non-hydrogen) atoms. The number of unbranched alkanes of at least 4 members (excludes halogenated alkanes) is 15. The first-order valence-corrected chi connectivity index (χ1v) is 25.1. The first-order chi connectivity index (χ1) is 28.8. The molecule has 14 nitrogen and oxygen atoms in total. The van der Waals surface area contributed by atoms with E-state index in [0.29, 0.717) is 32.1 Å². The number of phosphoric acid groups is 2. The molecule has 0 aromatic carbocycles. The molecular formula is C44H78O14P2. The van der Waals surface area contributed by atoms with Crippen molar-refractivity contribution in [2.45, 2.75) is 180 Å². The van der Waals surface area contributed by atoms with Crippen molar-refractivity contribution in [2.24, 2.45) is 0 Å². The molecule has 0 aromatic rings. The van der Waals surface area contributed by atoms with E-state index in [4.69, 9.17) is 23.8 Å².